The van der Waals surface area contributed by atoms with Crippen molar-refractivity contribution in [3.05, 3.63) is 35.1 Å². The molecule has 0 bridgehead atoms. The lowest BCUT2D eigenvalue weighted by Gasteiger charge is -2.09. The summed E-state index contributed by atoms with van der Waals surface area (Å²) < 4.78 is 49.9. The molecule has 0 aliphatic rings. The van der Waals surface area contributed by atoms with Gasteiger partial charge in [-0.05, 0) is 24.1 Å². The summed E-state index contributed by atoms with van der Waals surface area (Å²) in [7, 11) is 0. The Balaban J connectivity index is 2.86. The molecule has 17 heavy (non-hydrogen) atoms. The second-order valence-electron chi connectivity index (χ2n) is 3.78. The van der Waals surface area contributed by atoms with E-state index in [0.29, 0.717) is 18.9 Å². The molecule has 0 aliphatic heterocycles. The standard InChI is InChI=1S/C12H12F4O/c1-2-3-9(17)6-8-4-5-10(11(13)7-8)12(14,15)16/h4-5,7H,2-3,6H2,1H3. The predicted octanol–water partition coefficient (Wildman–Crippen LogP) is 3.76. The smallest absolute Gasteiger partial charge is 0.299 e. The van der Waals surface area contributed by atoms with Crippen LogP contribution in [0.5, 0.6) is 0 Å². The minimum absolute atomic E-state index is 0.0249. The van der Waals surface area contributed by atoms with Crippen molar-refractivity contribution < 1.29 is 22.4 Å². The fourth-order valence-corrected chi connectivity index (χ4v) is 1.49. The van der Waals surface area contributed by atoms with Gasteiger partial charge in [0, 0.05) is 12.8 Å². The number of carbonyl (C=O) groups is 1. The molecule has 0 amide bonds. The molecule has 0 saturated carbocycles. The third-order valence-electron chi connectivity index (χ3n) is 2.27. The van der Waals surface area contributed by atoms with E-state index in [0.717, 1.165) is 12.1 Å². The highest BCUT2D eigenvalue weighted by atomic mass is 19.4. The summed E-state index contributed by atoms with van der Waals surface area (Å²) in [5, 5.41) is 0. The summed E-state index contributed by atoms with van der Waals surface area (Å²) in [4.78, 5) is 11.3. The number of carbonyl (C=O) groups excluding carboxylic acids is 1. The lowest BCUT2D eigenvalue weighted by molar-refractivity contribution is -0.140. The van der Waals surface area contributed by atoms with E-state index in [1.54, 1.807) is 0 Å². The van der Waals surface area contributed by atoms with Gasteiger partial charge in [-0.3, -0.25) is 4.79 Å². The van der Waals surface area contributed by atoms with Crippen molar-refractivity contribution in [3.8, 4) is 0 Å². The molecule has 0 aliphatic carbocycles. The van der Waals surface area contributed by atoms with Crippen LogP contribution < -0.4 is 0 Å². The van der Waals surface area contributed by atoms with Gasteiger partial charge in [-0.25, -0.2) is 4.39 Å². The number of hydrogen-bond acceptors (Lipinski definition) is 1. The number of benzene rings is 1. The molecule has 0 unspecified atom stereocenters. The van der Waals surface area contributed by atoms with Crippen LogP contribution in [0.2, 0.25) is 0 Å². The molecule has 94 valence electrons. The summed E-state index contributed by atoms with van der Waals surface area (Å²) in [6.45, 7) is 1.82. The molecule has 1 rings (SSSR count). The molecule has 1 nitrogen and oxygen atoms in total. The Kier molecular flexibility index (Phi) is 4.26. The number of hydrogen-bond donors (Lipinski definition) is 0. The monoisotopic (exact) mass is 248 g/mol. The molecule has 0 aromatic heterocycles. The van der Waals surface area contributed by atoms with Crippen LogP contribution in [0.3, 0.4) is 0 Å². The third-order valence-corrected chi connectivity index (χ3v) is 2.27. The van der Waals surface area contributed by atoms with Crippen molar-refractivity contribution in [3.63, 3.8) is 0 Å². The minimum atomic E-state index is -4.70. The molecule has 0 fully saturated rings. The SMILES string of the molecule is CCCC(=O)Cc1ccc(C(F)(F)F)c(F)c1. The summed E-state index contributed by atoms with van der Waals surface area (Å²) in [6, 6.07) is 2.58. The topological polar surface area (TPSA) is 17.1 Å². The number of alkyl halides is 3. The van der Waals surface area contributed by atoms with Gasteiger partial charge in [-0.2, -0.15) is 13.2 Å². The van der Waals surface area contributed by atoms with Gasteiger partial charge in [0.05, 0.1) is 5.56 Å². The van der Waals surface area contributed by atoms with Crippen molar-refractivity contribution in [2.45, 2.75) is 32.4 Å². The van der Waals surface area contributed by atoms with E-state index >= 15 is 0 Å². The van der Waals surface area contributed by atoms with Gasteiger partial charge in [-0.15, -0.1) is 0 Å². The average Bonchev–Trinajstić information content (AvgIpc) is 2.15. The predicted molar refractivity (Wildman–Crippen MR) is 55.0 cm³/mol. The first-order chi connectivity index (χ1) is 7.84. The molecule has 0 N–H and O–H groups in total. The Labute approximate surface area is 96.4 Å². The van der Waals surface area contributed by atoms with Crippen LogP contribution in [0.25, 0.3) is 0 Å². The fourth-order valence-electron chi connectivity index (χ4n) is 1.49. The Bertz CT molecular complexity index is 409. The highest BCUT2D eigenvalue weighted by Gasteiger charge is 2.33. The zero-order valence-corrected chi connectivity index (χ0v) is 9.27. The fraction of sp³-hybridized carbons (Fsp3) is 0.417. The zero-order valence-electron chi connectivity index (χ0n) is 9.27. The Morgan fingerprint density at radius 2 is 1.94 bits per heavy atom. The maximum atomic E-state index is 13.2. The molecule has 0 saturated heterocycles. The van der Waals surface area contributed by atoms with Crippen molar-refractivity contribution in [2.75, 3.05) is 0 Å². The van der Waals surface area contributed by atoms with Gasteiger partial charge in [0.2, 0.25) is 0 Å². The van der Waals surface area contributed by atoms with E-state index in [1.165, 1.54) is 0 Å². The largest absolute Gasteiger partial charge is 0.419 e. The first-order valence-corrected chi connectivity index (χ1v) is 5.22. The summed E-state index contributed by atoms with van der Waals surface area (Å²) in [5.74, 6) is -1.44. The molecule has 0 radical (unpaired) electrons. The minimum Gasteiger partial charge on any atom is -0.299 e. The van der Waals surface area contributed by atoms with Crippen molar-refractivity contribution in [2.24, 2.45) is 0 Å². The van der Waals surface area contributed by atoms with Gasteiger partial charge in [-0.1, -0.05) is 13.0 Å². The van der Waals surface area contributed by atoms with Crippen LogP contribution in [-0.2, 0) is 17.4 Å². The summed E-state index contributed by atoms with van der Waals surface area (Å²) >= 11 is 0. The molecule has 0 heterocycles. The third kappa shape index (κ3) is 3.84. The summed E-state index contributed by atoms with van der Waals surface area (Å²) in [5.41, 5.74) is -1.03. The summed E-state index contributed by atoms with van der Waals surface area (Å²) in [6.07, 6.45) is -3.70. The number of Topliss-reactive ketones (excluding diaryl/α,β-unsaturated/α-hetero) is 1. The van der Waals surface area contributed by atoms with Gasteiger partial charge >= 0.3 is 6.18 Å². The second kappa shape index (κ2) is 5.29. The van der Waals surface area contributed by atoms with E-state index in [4.69, 9.17) is 0 Å². The van der Waals surface area contributed by atoms with E-state index in [9.17, 15) is 22.4 Å². The van der Waals surface area contributed by atoms with Crippen LogP contribution in [0.15, 0.2) is 18.2 Å². The Hall–Kier alpha value is -1.39. The van der Waals surface area contributed by atoms with Crippen LogP contribution in [0.4, 0.5) is 17.6 Å². The zero-order chi connectivity index (χ0) is 13.1. The Morgan fingerprint density at radius 3 is 2.41 bits per heavy atom. The molecule has 0 atom stereocenters. The number of ketones is 1. The number of halogens is 4. The normalized spacial score (nSPS) is 11.6. The van der Waals surface area contributed by atoms with Crippen LogP contribution in [0.1, 0.15) is 30.9 Å². The first-order valence-electron chi connectivity index (χ1n) is 5.22. The molecule has 1 aromatic carbocycles. The maximum absolute atomic E-state index is 13.2. The van der Waals surface area contributed by atoms with Gasteiger partial charge in [0.15, 0.2) is 0 Å². The van der Waals surface area contributed by atoms with Crippen molar-refractivity contribution in [1.82, 2.24) is 0 Å². The molecule has 5 heteroatoms. The van der Waals surface area contributed by atoms with Gasteiger partial charge < -0.3 is 0 Å². The average molecular weight is 248 g/mol. The Morgan fingerprint density at radius 1 is 1.29 bits per heavy atom. The highest BCUT2D eigenvalue weighted by Crippen LogP contribution is 2.31. The second-order valence-corrected chi connectivity index (χ2v) is 3.78. The molecule has 1 aromatic rings. The quantitative estimate of drug-likeness (QED) is 0.741. The lowest BCUT2D eigenvalue weighted by Crippen LogP contribution is -2.09. The van der Waals surface area contributed by atoms with Crippen LogP contribution in [-0.4, -0.2) is 5.78 Å². The lowest BCUT2D eigenvalue weighted by atomic mass is 10.0. The van der Waals surface area contributed by atoms with Crippen molar-refractivity contribution >= 4 is 5.78 Å². The van der Waals surface area contributed by atoms with E-state index < -0.39 is 17.6 Å². The molecular weight excluding hydrogens is 236 g/mol. The maximum Gasteiger partial charge on any atom is 0.419 e. The highest BCUT2D eigenvalue weighted by molar-refractivity contribution is 5.80. The first kappa shape index (κ1) is 13.7. The van der Waals surface area contributed by atoms with E-state index in [2.05, 4.69) is 0 Å². The van der Waals surface area contributed by atoms with Gasteiger partial charge in [0.1, 0.15) is 11.6 Å². The molecule has 0 spiro atoms. The van der Waals surface area contributed by atoms with E-state index in [1.807, 2.05) is 6.92 Å². The van der Waals surface area contributed by atoms with Crippen LogP contribution >= 0.6 is 0 Å². The van der Waals surface area contributed by atoms with E-state index in [-0.39, 0.29) is 17.8 Å². The van der Waals surface area contributed by atoms with Crippen LogP contribution in [0, 0.1) is 5.82 Å². The molecular formula is C12H12F4O. The number of rotatable bonds is 4. The van der Waals surface area contributed by atoms with Gasteiger partial charge in [0.25, 0.3) is 0 Å². The van der Waals surface area contributed by atoms with Crippen molar-refractivity contribution in [1.29, 1.82) is 0 Å².